The molecule has 2 N–H and O–H groups in total. The van der Waals surface area contributed by atoms with Crippen molar-refractivity contribution in [2.45, 2.75) is 39.2 Å². The standard InChI is InChI=1S/C18H29N3O2.ClH/c1-4-10-18(3,19)17(22)21-13-11-20(12-14-21)15-8-6-7-9-16(15)23-5-2;/h6-9H,4-5,10-14,19H2,1-3H3;1H. The van der Waals surface area contributed by atoms with Gasteiger partial charge in [0.1, 0.15) is 5.75 Å². The van der Waals surface area contributed by atoms with Crippen LogP contribution in [0, 0.1) is 0 Å². The fraction of sp³-hybridized carbons (Fsp3) is 0.611. The van der Waals surface area contributed by atoms with E-state index >= 15 is 0 Å². The Morgan fingerprint density at radius 1 is 1.21 bits per heavy atom. The molecule has 2 rings (SSSR count). The number of benzene rings is 1. The average Bonchev–Trinajstić information content (AvgIpc) is 2.55. The molecular weight excluding hydrogens is 326 g/mol. The first-order valence-electron chi connectivity index (χ1n) is 8.54. The molecule has 5 nitrogen and oxygen atoms in total. The molecule has 1 aliphatic rings. The predicted octanol–water partition coefficient (Wildman–Crippen LogP) is 2.67. The van der Waals surface area contributed by atoms with Gasteiger partial charge in [0, 0.05) is 26.2 Å². The molecule has 1 amide bonds. The first kappa shape index (κ1) is 20.6. The molecule has 1 aliphatic heterocycles. The fourth-order valence-corrected chi connectivity index (χ4v) is 3.13. The quantitative estimate of drug-likeness (QED) is 0.852. The van der Waals surface area contributed by atoms with Gasteiger partial charge in [-0.1, -0.05) is 25.5 Å². The first-order chi connectivity index (χ1) is 11.0. The van der Waals surface area contributed by atoms with Crippen LogP contribution in [0.1, 0.15) is 33.6 Å². The summed E-state index contributed by atoms with van der Waals surface area (Å²) in [5, 5.41) is 0. The van der Waals surface area contributed by atoms with Crippen LogP contribution in [-0.2, 0) is 4.79 Å². The Bertz CT molecular complexity index is 529. The van der Waals surface area contributed by atoms with Crippen LogP contribution in [0.2, 0.25) is 0 Å². The maximum absolute atomic E-state index is 12.6. The second kappa shape index (κ2) is 9.14. The van der Waals surface area contributed by atoms with Crippen LogP contribution in [0.25, 0.3) is 0 Å². The lowest BCUT2D eigenvalue weighted by Gasteiger charge is -2.39. The third-order valence-corrected chi connectivity index (χ3v) is 4.33. The van der Waals surface area contributed by atoms with E-state index in [9.17, 15) is 4.79 Å². The molecule has 1 saturated heterocycles. The number of para-hydroxylation sites is 2. The van der Waals surface area contributed by atoms with Crippen LogP contribution in [-0.4, -0.2) is 49.1 Å². The maximum atomic E-state index is 12.6. The van der Waals surface area contributed by atoms with Gasteiger partial charge in [-0.25, -0.2) is 0 Å². The molecular formula is C18H30ClN3O2. The topological polar surface area (TPSA) is 58.8 Å². The fourth-order valence-electron chi connectivity index (χ4n) is 3.13. The van der Waals surface area contributed by atoms with Gasteiger partial charge in [0.25, 0.3) is 0 Å². The van der Waals surface area contributed by atoms with Crippen molar-refractivity contribution in [2.75, 3.05) is 37.7 Å². The number of amides is 1. The normalized spacial score (nSPS) is 17.0. The Hall–Kier alpha value is -1.46. The summed E-state index contributed by atoms with van der Waals surface area (Å²) in [4.78, 5) is 16.8. The largest absolute Gasteiger partial charge is 0.492 e. The second-order valence-corrected chi connectivity index (χ2v) is 6.35. The van der Waals surface area contributed by atoms with E-state index in [0.29, 0.717) is 19.7 Å². The minimum Gasteiger partial charge on any atom is -0.492 e. The van der Waals surface area contributed by atoms with Crippen molar-refractivity contribution in [3.05, 3.63) is 24.3 Å². The summed E-state index contributed by atoms with van der Waals surface area (Å²) in [5.74, 6) is 0.974. The number of anilines is 1. The van der Waals surface area contributed by atoms with Gasteiger partial charge in [0.2, 0.25) is 5.91 Å². The van der Waals surface area contributed by atoms with Crippen LogP contribution in [0.5, 0.6) is 5.75 Å². The third kappa shape index (κ3) is 4.77. The van der Waals surface area contributed by atoms with Crippen molar-refractivity contribution in [1.82, 2.24) is 4.90 Å². The molecule has 1 aromatic rings. The lowest BCUT2D eigenvalue weighted by atomic mass is 9.95. The van der Waals surface area contributed by atoms with Crippen molar-refractivity contribution in [2.24, 2.45) is 5.73 Å². The van der Waals surface area contributed by atoms with Crippen molar-refractivity contribution in [3.8, 4) is 5.75 Å². The molecule has 1 fully saturated rings. The molecule has 6 heteroatoms. The summed E-state index contributed by atoms with van der Waals surface area (Å²) in [6.45, 7) is 9.56. The highest BCUT2D eigenvalue weighted by Gasteiger charge is 2.33. The Morgan fingerprint density at radius 2 is 1.83 bits per heavy atom. The lowest BCUT2D eigenvalue weighted by molar-refractivity contribution is -0.137. The highest BCUT2D eigenvalue weighted by atomic mass is 35.5. The third-order valence-electron chi connectivity index (χ3n) is 4.33. The van der Waals surface area contributed by atoms with Crippen LogP contribution in [0.3, 0.4) is 0 Å². The van der Waals surface area contributed by atoms with Crippen LogP contribution in [0.4, 0.5) is 5.69 Å². The number of piperazine rings is 1. The Kier molecular flexibility index (Phi) is 7.84. The van der Waals surface area contributed by atoms with E-state index in [4.69, 9.17) is 10.5 Å². The van der Waals surface area contributed by atoms with Gasteiger partial charge in [-0.15, -0.1) is 12.4 Å². The van der Waals surface area contributed by atoms with E-state index in [0.717, 1.165) is 37.4 Å². The average molecular weight is 356 g/mol. The zero-order chi connectivity index (χ0) is 16.9. The van der Waals surface area contributed by atoms with E-state index < -0.39 is 5.54 Å². The number of ether oxygens (including phenoxy) is 1. The van der Waals surface area contributed by atoms with Gasteiger partial charge < -0.3 is 20.3 Å². The summed E-state index contributed by atoms with van der Waals surface area (Å²) in [5.41, 5.74) is 6.54. The molecule has 1 atom stereocenters. The van der Waals surface area contributed by atoms with Crippen LogP contribution >= 0.6 is 12.4 Å². The van der Waals surface area contributed by atoms with Gasteiger partial charge in [-0.05, 0) is 32.4 Å². The zero-order valence-corrected chi connectivity index (χ0v) is 15.8. The van der Waals surface area contributed by atoms with Gasteiger partial charge in [0.15, 0.2) is 0 Å². The van der Waals surface area contributed by atoms with Gasteiger partial charge in [-0.2, -0.15) is 0 Å². The highest BCUT2D eigenvalue weighted by molar-refractivity contribution is 5.86. The molecule has 0 saturated carbocycles. The number of rotatable bonds is 6. The summed E-state index contributed by atoms with van der Waals surface area (Å²) < 4.78 is 5.71. The van der Waals surface area contributed by atoms with Crippen molar-refractivity contribution in [3.63, 3.8) is 0 Å². The molecule has 0 bridgehead atoms. The van der Waals surface area contributed by atoms with E-state index in [-0.39, 0.29) is 18.3 Å². The number of hydrogen-bond donors (Lipinski definition) is 1. The number of nitrogens with zero attached hydrogens (tertiary/aromatic N) is 2. The van der Waals surface area contributed by atoms with E-state index in [1.807, 2.05) is 36.9 Å². The van der Waals surface area contributed by atoms with Gasteiger partial charge in [-0.3, -0.25) is 4.79 Å². The van der Waals surface area contributed by atoms with E-state index in [1.54, 1.807) is 0 Å². The van der Waals surface area contributed by atoms with Gasteiger partial charge >= 0.3 is 0 Å². The highest BCUT2D eigenvalue weighted by Crippen LogP contribution is 2.29. The minimum absolute atomic E-state index is 0. The zero-order valence-electron chi connectivity index (χ0n) is 15.0. The molecule has 1 unspecified atom stereocenters. The number of halogens is 1. The summed E-state index contributed by atoms with van der Waals surface area (Å²) in [6, 6.07) is 8.08. The minimum atomic E-state index is -0.750. The summed E-state index contributed by atoms with van der Waals surface area (Å²) in [7, 11) is 0. The van der Waals surface area contributed by atoms with Crippen molar-refractivity contribution < 1.29 is 9.53 Å². The van der Waals surface area contributed by atoms with E-state index in [2.05, 4.69) is 17.9 Å². The molecule has 0 radical (unpaired) electrons. The maximum Gasteiger partial charge on any atom is 0.242 e. The Labute approximate surface area is 151 Å². The Balaban J connectivity index is 0.00000288. The smallest absolute Gasteiger partial charge is 0.242 e. The summed E-state index contributed by atoms with van der Waals surface area (Å²) in [6.07, 6.45) is 1.64. The molecule has 1 aromatic carbocycles. The molecule has 136 valence electrons. The molecule has 0 aromatic heterocycles. The number of carbonyl (C=O) groups is 1. The van der Waals surface area contributed by atoms with Crippen molar-refractivity contribution >= 4 is 24.0 Å². The predicted molar refractivity (Wildman–Crippen MR) is 101 cm³/mol. The van der Waals surface area contributed by atoms with Crippen LogP contribution < -0.4 is 15.4 Å². The number of hydrogen-bond acceptors (Lipinski definition) is 4. The SMILES string of the molecule is CCCC(C)(N)C(=O)N1CCN(c2ccccc2OCC)CC1.Cl. The molecule has 24 heavy (non-hydrogen) atoms. The molecule has 0 aliphatic carbocycles. The lowest BCUT2D eigenvalue weighted by Crippen LogP contribution is -2.58. The van der Waals surface area contributed by atoms with Crippen molar-refractivity contribution in [1.29, 1.82) is 0 Å². The monoisotopic (exact) mass is 355 g/mol. The Morgan fingerprint density at radius 3 is 2.42 bits per heavy atom. The number of nitrogens with two attached hydrogens (primary N) is 1. The number of carbonyl (C=O) groups excluding carboxylic acids is 1. The first-order valence-corrected chi connectivity index (χ1v) is 8.54. The summed E-state index contributed by atoms with van der Waals surface area (Å²) >= 11 is 0. The molecule has 0 spiro atoms. The van der Waals surface area contributed by atoms with E-state index in [1.165, 1.54) is 0 Å². The molecule has 1 heterocycles. The second-order valence-electron chi connectivity index (χ2n) is 6.35. The van der Waals surface area contributed by atoms with Crippen LogP contribution in [0.15, 0.2) is 24.3 Å². The van der Waals surface area contributed by atoms with Gasteiger partial charge in [0.05, 0.1) is 17.8 Å².